The van der Waals surface area contributed by atoms with E-state index in [1.807, 2.05) is 6.20 Å². The first-order valence-corrected chi connectivity index (χ1v) is 7.52. The zero-order chi connectivity index (χ0) is 14.9. The highest BCUT2D eigenvalue weighted by atomic mass is 15.0. The van der Waals surface area contributed by atoms with Crippen LogP contribution in [0.15, 0.2) is 66.9 Å². The average Bonchev–Trinajstić information content (AvgIpc) is 2.91. The highest BCUT2D eigenvalue weighted by Crippen LogP contribution is 2.31. The van der Waals surface area contributed by atoms with Crippen LogP contribution < -0.4 is 5.73 Å². The molecule has 0 atom stereocenters. The van der Waals surface area contributed by atoms with Crippen LogP contribution in [-0.2, 0) is 6.42 Å². The molecule has 0 unspecified atom stereocenters. The monoisotopic (exact) mass is 287 g/mol. The second-order valence-electron chi connectivity index (χ2n) is 5.42. The molecule has 3 heteroatoms. The molecule has 2 aromatic heterocycles. The van der Waals surface area contributed by atoms with E-state index in [0.29, 0.717) is 6.54 Å². The molecular formula is C19H17N3. The molecule has 4 aromatic rings. The first kappa shape index (κ1) is 13.0. The van der Waals surface area contributed by atoms with Gasteiger partial charge in [0.05, 0.1) is 22.9 Å². The third-order valence-electron chi connectivity index (χ3n) is 4.05. The van der Waals surface area contributed by atoms with Gasteiger partial charge in [0, 0.05) is 22.9 Å². The number of benzene rings is 2. The van der Waals surface area contributed by atoms with Crippen molar-refractivity contribution in [3.05, 3.63) is 72.6 Å². The average molecular weight is 287 g/mol. The van der Waals surface area contributed by atoms with E-state index in [1.165, 1.54) is 21.8 Å². The molecule has 2 heterocycles. The summed E-state index contributed by atoms with van der Waals surface area (Å²) in [5, 5.41) is 2.54. The van der Waals surface area contributed by atoms with Gasteiger partial charge < -0.3 is 10.3 Å². The molecule has 0 aliphatic rings. The Balaban J connectivity index is 1.99. The van der Waals surface area contributed by atoms with Crippen molar-refractivity contribution in [3.8, 4) is 5.69 Å². The number of hydrogen-bond acceptors (Lipinski definition) is 2. The van der Waals surface area contributed by atoms with Crippen LogP contribution in [0.4, 0.5) is 0 Å². The van der Waals surface area contributed by atoms with Gasteiger partial charge in [-0.05, 0) is 30.8 Å². The number of fused-ring (bicyclic) bond motifs is 3. The molecule has 0 spiro atoms. The number of nitrogens with two attached hydrogens (primary N) is 1. The minimum absolute atomic E-state index is 0.627. The molecule has 0 saturated carbocycles. The summed E-state index contributed by atoms with van der Waals surface area (Å²) >= 11 is 0. The topological polar surface area (TPSA) is 43.8 Å². The van der Waals surface area contributed by atoms with Gasteiger partial charge in [0.1, 0.15) is 0 Å². The summed E-state index contributed by atoms with van der Waals surface area (Å²) in [5.41, 5.74) is 10.1. The first-order valence-electron chi connectivity index (χ1n) is 7.52. The van der Waals surface area contributed by atoms with Crippen LogP contribution in [0.5, 0.6) is 0 Å². The van der Waals surface area contributed by atoms with E-state index in [0.717, 1.165) is 17.8 Å². The van der Waals surface area contributed by atoms with Crippen LogP contribution in [0.25, 0.3) is 27.5 Å². The van der Waals surface area contributed by atoms with Gasteiger partial charge >= 0.3 is 0 Å². The molecular weight excluding hydrogens is 270 g/mol. The summed E-state index contributed by atoms with van der Waals surface area (Å²) in [5.74, 6) is 0. The standard InChI is InChI=1S/C19H17N3/c20-12-11-14-9-10-15(13-21-14)22-18-7-3-1-5-16(18)17-6-2-4-8-19(17)22/h1-10,13H,11-12,20H2. The van der Waals surface area contributed by atoms with Crippen molar-refractivity contribution in [2.24, 2.45) is 5.73 Å². The maximum absolute atomic E-state index is 5.60. The van der Waals surface area contributed by atoms with Crippen molar-refractivity contribution in [2.75, 3.05) is 6.54 Å². The van der Waals surface area contributed by atoms with Gasteiger partial charge in [-0.25, -0.2) is 0 Å². The number of nitrogens with zero attached hydrogens (tertiary/aromatic N) is 2. The number of aromatic nitrogens is 2. The molecule has 2 N–H and O–H groups in total. The Kier molecular flexibility index (Phi) is 3.13. The van der Waals surface area contributed by atoms with Crippen molar-refractivity contribution in [2.45, 2.75) is 6.42 Å². The van der Waals surface area contributed by atoms with Crippen LogP contribution in [0.2, 0.25) is 0 Å². The lowest BCUT2D eigenvalue weighted by Crippen LogP contribution is -2.04. The predicted molar refractivity (Wildman–Crippen MR) is 91.3 cm³/mol. The third kappa shape index (κ3) is 1.98. The minimum atomic E-state index is 0.627. The molecule has 2 aromatic carbocycles. The van der Waals surface area contributed by atoms with Gasteiger partial charge in [-0.15, -0.1) is 0 Å². The quantitative estimate of drug-likeness (QED) is 0.624. The summed E-state index contributed by atoms with van der Waals surface area (Å²) in [4.78, 5) is 4.54. The second kappa shape index (κ2) is 5.28. The Morgan fingerprint density at radius 3 is 2.00 bits per heavy atom. The van der Waals surface area contributed by atoms with Gasteiger partial charge in [-0.1, -0.05) is 36.4 Å². The minimum Gasteiger partial charge on any atom is -0.330 e. The Morgan fingerprint density at radius 2 is 1.45 bits per heavy atom. The Morgan fingerprint density at radius 1 is 0.818 bits per heavy atom. The second-order valence-corrected chi connectivity index (χ2v) is 5.42. The summed E-state index contributed by atoms with van der Waals surface area (Å²) < 4.78 is 2.27. The smallest absolute Gasteiger partial charge is 0.0645 e. The highest BCUT2D eigenvalue weighted by Gasteiger charge is 2.11. The van der Waals surface area contributed by atoms with Crippen molar-refractivity contribution in [1.82, 2.24) is 9.55 Å². The Bertz CT molecular complexity index is 883. The van der Waals surface area contributed by atoms with E-state index in [4.69, 9.17) is 5.73 Å². The van der Waals surface area contributed by atoms with E-state index in [-0.39, 0.29) is 0 Å². The molecule has 0 fully saturated rings. The number of rotatable bonds is 3. The number of pyridine rings is 1. The molecule has 0 amide bonds. The van der Waals surface area contributed by atoms with Gasteiger partial charge in [0.25, 0.3) is 0 Å². The summed E-state index contributed by atoms with van der Waals surface area (Å²) in [6.45, 7) is 0.627. The number of para-hydroxylation sites is 2. The molecule has 3 nitrogen and oxygen atoms in total. The summed E-state index contributed by atoms with van der Waals surface area (Å²) in [6, 6.07) is 21.2. The normalized spacial score (nSPS) is 11.3. The van der Waals surface area contributed by atoms with Crippen LogP contribution in [0.1, 0.15) is 5.69 Å². The van der Waals surface area contributed by atoms with Crippen LogP contribution in [-0.4, -0.2) is 16.1 Å². The van der Waals surface area contributed by atoms with Gasteiger partial charge in [-0.3, -0.25) is 4.98 Å². The Labute approximate surface area is 129 Å². The van der Waals surface area contributed by atoms with Crippen LogP contribution in [0, 0.1) is 0 Å². The maximum Gasteiger partial charge on any atom is 0.0645 e. The van der Waals surface area contributed by atoms with E-state index < -0.39 is 0 Å². The van der Waals surface area contributed by atoms with Crippen molar-refractivity contribution < 1.29 is 0 Å². The lowest BCUT2D eigenvalue weighted by Gasteiger charge is -2.08. The fourth-order valence-corrected chi connectivity index (χ4v) is 3.05. The zero-order valence-corrected chi connectivity index (χ0v) is 12.2. The van der Waals surface area contributed by atoms with Gasteiger partial charge in [-0.2, -0.15) is 0 Å². The lowest BCUT2D eigenvalue weighted by molar-refractivity contribution is 0.919. The fraction of sp³-hybridized carbons (Fsp3) is 0.105. The van der Waals surface area contributed by atoms with Crippen LogP contribution >= 0.6 is 0 Å². The number of hydrogen-bond donors (Lipinski definition) is 1. The van der Waals surface area contributed by atoms with E-state index in [2.05, 4.69) is 70.2 Å². The highest BCUT2D eigenvalue weighted by molar-refractivity contribution is 6.09. The largest absolute Gasteiger partial charge is 0.330 e. The first-order chi connectivity index (χ1) is 10.9. The fourth-order valence-electron chi connectivity index (χ4n) is 3.05. The zero-order valence-electron chi connectivity index (χ0n) is 12.2. The molecule has 108 valence electrons. The molecule has 0 aliphatic heterocycles. The Hall–Kier alpha value is -2.65. The maximum atomic E-state index is 5.60. The summed E-state index contributed by atoms with van der Waals surface area (Å²) in [7, 11) is 0. The molecule has 0 radical (unpaired) electrons. The van der Waals surface area contributed by atoms with Crippen molar-refractivity contribution in [1.29, 1.82) is 0 Å². The van der Waals surface area contributed by atoms with E-state index in [9.17, 15) is 0 Å². The molecule has 0 saturated heterocycles. The molecule has 0 bridgehead atoms. The SMILES string of the molecule is NCCc1ccc(-n2c3ccccc3c3ccccc32)cn1. The van der Waals surface area contributed by atoms with Gasteiger partial charge in [0.2, 0.25) is 0 Å². The van der Waals surface area contributed by atoms with Crippen molar-refractivity contribution in [3.63, 3.8) is 0 Å². The van der Waals surface area contributed by atoms with E-state index in [1.54, 1.807) is 0 Å². The lowest BCUT2D eigenvalue weighted by atomic mass is 10.2. The van der Waals surface area contributed by atoms with Gasteiger partial charge in [0.15, 0.2) is 0 Å². The molecule has 0 aliphatic carbocycles. The van der Waals surface area contributed by atoms with E-state index >= 15 is 0 Å². The predicted octanol–water partition coefficient (Wildman–Crippen LogP) is 3.68. The van der Waals surface area contributed by atoms with Crippen molar-refractivity contribution >= 4 is 21.8 Å². The molecule has 4 rings (SSSR count). The third-order valence-corrected chi connectivity index (χ3v) is 4.05. The van der Waals surface area contributed by atoms with Crippen LogP contribution in [0.3, 0.4) is 0 Å². The summed E-state index contributed by atoms with van der Waals surface area (Å²) in [6.07, 6.45) is 2.75. The molecule has 22 heavy (non-hydrogen) atoms.